The fraction of sp³-hybridized carbons (Fsp3) is 0.235. The minimum absolute atomic E-state index is 0.0328. The Hall–Kier alpha value is -3.30. The molecule has 0 bridgehead atoms. The fourth-order valence-corrected chi connectivity index (χ4v) is 2.15. The fourth-order valence-electron chi connectivity index (χ4n) is 2.15. The Bertz CT molecular complexity index is 987. The van der Waals surface area contributed by atoms with Gasteiger partial charge in [-0.1, -0.05) is 0 Å². The predicted molar refractivity (Wildman–Crippen MR) is 88.9 cm³/mol. The molecule has 27 heavy (non-hydrogen) atoms. The molecule has 0 aromatic carbocycles. The van der Waals surface area contributed by atoms with Gasteiger partial charge in [0.05, 0.1) is 18.4 Å². The second kappa shape index (κ2) is 7.52. The summed E-state index contributed by atoms with van der Waals surface area (Å²) < 4.78 is 44.8. The molecular weight excluding hydrogens is 363 g/mol. The summed E-state index contributed by atoms with van der Waals surface area (Å²) in [4.78, 5) is 23.4. The standard InChI is InChI=1S/C17H14F3N5O2/c1-17(19,20)10-27-16-22-6-12(7-23-16)14-2-3-15(26)25(24-14)9-11-4-13(18)8-21-5-11/h2-8H,9-10H2,1H3. The summed E-state index contributed by atoms with van der Waals surface area (Å²) in [6.07, 6.45) is 5.18. The molecular formula is C17H14F3N5O2. The molecule has 0 radical (unpaired) electrons. The van der Waals surface area contributed by atoms with Gasteiger partial charge in [-0.2, -0.15) is 5.10 Å². The Morgan fingerprint density at radius 3 is 2.56 bits per heavy atom. The van der Waals surface area contributed by atoms with E-state index in [1.165, 1.54) is 36.8 Å². The van der Waals surface area contributed by atoms with Crippen molar-refractivity contribution in [2.45, 2.75) is 19.4 Å². The van der Waals surface area contributed by atoms with Crippen molar-refractivity contribution in [3.05, 3.63) is 64.7 Å². The number of nitrogens with zero attached hydrogens (tertiary/aromatic N) is 5. The van der Waals surface area contributed by atoms with Crippen LogP contribution in [0.15, 0.2) is 47.8 Å². The lowest BCUT2D eigenvalue weighted by Crippen LogP contribution is -2.23. The highest BCUT2D eigenvalue weighted by molar-refractivity contribution is 5.55. The Labute approximate surface area is 151 Å². The van der Waals surface area contributed by atoms with Crippen molar-refractivity contribution >= 4 is 0 Å². The Kier molecular flexibility index (Phi) is 5.15. The third kappa shape index (κ3) is 5.09. The average molecular weight is 377 g/mol. The van der Waals surface area contributed by atoms with Gasteiger partial charge in [-0.3, -0.25) is 9.78 Å². The maximum absolute atomic E-state index is 13.2. The molecule has 0 atom stereocenters. The topological polar surface area (TPSA) is 82.8 Å². The van der Waals surface area contributed by atoms with Gasteiger partial charge in [0.15, 0.2) is 6.61 Å². The highest BCUT2D eigenvalue weighted by atomic mass is 19.3. The third-order valence-corrected chi connectivity index (χ3v) is 3.34. The molecule has 3 aromatic rings. The van der Waals surface area contributed by atoms with Gasteiger partial charge in [-0.05, 0) is 17.7 Å². The van der Waals surface area contributed by atoms with E-state index in [0.29, 0.717) is 16.8 Å². The zero-order valence-corrected chi connectivity index (χ0v) is 14.1. The van der Waals surface area contributed by atoms with Crippen LogP contribution in [-0.4, -0.2) is 37.3 Å². The molecule has 0 saturated carbocycles. The van der Waals surface area contributed by atoms with Crippen LogP contribution in [0.2, 0.25) is 0 Å². The van der Waals surface area contributed by atoms with Crippen molar-refractivity contribution < 1.29 is 17.9 Å². The zero-order valence-electron chi connectivity index (χ0n) is 14.1. The van der Waals surface area contributed by atoms with E-state index in [0.717, 1.165) is 17.8 Å². The smallest absolute Gasteiger partial charge is 0.316 e. The lowest BCUT2D eigenvalue weighted by Gasteiger charge is -2.10. The Balaban J connectivity index is 1.80. The first-order chi connectivity index (χ1) is 12.8. The summed E-state index contributed by atoms with van der Waals surface area (Å²) in [5.41, 5.74) is 0.930. The zero-order chi connectivity index (χ0) is 19.4. The predicted octanol–water partition coefficient (Wildman–Crippen LogP) is 2.32. The highest BCUT2D eigenvalue weighted by Crippen LogP contribution is 2.17. The van der Waals surface area contributed by atoms with Crippen LogP contribution in [-0.2, 0) is 6.54 Å². The summed E-state index contributed by atoms with van der Waals surface area (Å²) in [5, 5.41) is 4.20. The van der Waals surface area contributed by atoms with Gasteiger partial charge in [-0.15, -0.1) is 0 Å². The lowest BCUT2D eigenvalue weighted by atomic mass is 10.2. The van der Waals surface area contributed by atoms with E-state index in [1.54, 1.807) is 0 Å². The first-order valence-corrected chi connectivity index (χ1v) is 7.81. The maximum Gasteiger partial charge on any atom is 0.316 e. The van der Waals surface area contributed by atoms with Crippen LogP contribution in [0.25, 0.3) is 11.3 Å². The molecule has 0 saturated heterocycles. The number of pyridine rings is 1. The van der Waals surface area contributed by atoms with E-state index < -0.39 is 18.3 Å². The van der Waals surface area contributed by atoms with Gasteiger partial charge in [0.1, 0.15) is 5.82 Å². The average Bonchev–Trinajstić information content (AvgIpc) is 2.62. The quantitative estimate of drug-likeness (QED) is 0.656. The molecule has 0 N–H and O–H groups in total. The van der Waals surface area contributed by atoms with Crippen molar-refractivity contribution in [3.8, 4) is 17.3 Å². The first-order valence-electron chi connectivity index (χ1n) is 7.81. The lowest BCUT2D eigenvalue weighted by molar-refractivity contribution is -0.0256. The number of rotatable bonds is 6. The van der Waals surface area contributed by atoms with E-state index >= 15 is 0 Å². The molecule has 3 heterocycles. The third-order valence-electron chi connectivity index (χ3n) is 3.34. The first kappa shape index (κ1) is 18.5. The van der Waals surface area contributed by atoms with Gasteiger partial charge in [0.25, 0.3) is 11.5 Å². The molecule has 3 rings (SSSR count). The van der Waals surface area contributed by atoms with E-state index in [-0.39, 0.29) is 18.1 Å². The van der Waals surface area contributed by atoms with Gasteiger partial charge < -0.3 is 4.74 Å². The monoisotopic (exact) mass is 377 g/mol. The summed E-state index contributed by atoms with van der Waals surface area (Å²) >= 11 is 0. The minimum atomic E-state index is -3.00. The molecule has 0 aliphatic rings. The maximum atomic E-state index is 13.2. The van der Waals surface area contributed by atoms with E-state index in [4.69, 9.17) is 4.74 Å². The van der Waals surface area contributed by atoms with Crippen LogP contribution < -0.4 is 10.3 Å². The van der Waals surface area contributed by atoms with Crippen LogP contribution in [0.1, 0.15) is 12.5 Å². The normalized spacial score (nSPS) is 11.4. The van der Waals surface area contributed by atoms with Gasteiger partial charge in [0.2, 0.25) is 0 Å². The van der Waals surface area contributed by atoms with Crippen molar-refractivity contribution in [3.63, 3.8) is 0 Å². The van der Waals surface area contributed by atoms with Crippen molar-refractivity contribution in [1.29, 1.82) is 0 Å². The molecule has 0 unspecified atom stereocenters. The van der Waals surface area contributed by atoms with Crippen LogP contribution in [0, 0.1) is 5.82 Å². The molecule has 3 aromatic heterocycles. The van der Waals surface area contributed by atoms with E-state index in [1.807, 2.05) is 0 Å². The Morgan fingerprint density at radius 1 is 1.15 bits per heavy atom. The van der Waals surface area contributed by atoms with E-state index in [2.05, 4.69) is 20.1 Å². The summed E-state index contributed by atoms with van der Waals surface area (Å²) in [6, 6.07) is 3.84. The largest absolute Gasteiger partial charge is 0.457 e. The van der Waals surface area contributed by atoms with E-state index in [9.17, 15) is 18.0 Å². The number of hydrogen-bond donors (Lipinski definition) is 0. The van der Waals surface area contributed by atoms with Gasteiger partial charge in [0, 0.05) is 37.1 Å². The van der Waals surface area contributed by atoms with Crippen LogP contribution in [0.4, 0.5) is 13.2 Å². The number of alkyl halides is 2. The van der Waals surface area contributed by atoms with Crippen molar-refractivity contribution in [1.82, 2.24) is 24.7 Å². The SMILES string of the molecule is CC(F)(F)COc1ncc(-c2ccc(=O)n(Cc3cncc(F)c3)n2)cn1. The number of halogens is 3. The molecule has 7 nitrogen and oxygen atoms in total. The summed E-state index contributed by atoms with van der Waals surface area (Å²) in [6.45, 7) is -0.0785. The highest BCUT2D eigenvalue weighted by Gasteiger charge is 2.22. The van der Waals surface area contributed by atoms with Gasteiger partial charge in [-0.25, -0.2) is 27.8 Å². The van der Waals surface area contributed by atoms with Crippen LogP contribution in [0.3, 0.4) is 0 Å². The number of aromatic nitrogens is 5. The van der Waals surface area contributed by atoms with Crippen molar-refractivity contribution in [2.24, 2.45) is 0 Å². The molecule has 0 amide bonds. The Morgan fingerprint density at radius 2 is 1.89 bits per heavy atom. The summed E-state index contributed by atoms with van der Waals surface area (Å²) in [7, 11) is 0. The number of ether oxygens (including phenoxy) is 1. The molecule has 0 fully saturated rings. The summed E-state index contributed by atoms with van der Waals surface area (Å²) in [5.74, 6) is -3.51. The van der Waals surface area contributed by atoms with Crippen LogP contribution in [0.5, 0.6) is 6.01 Å². The molecule has 0 aliphatic carbocycles. The van der Waals surface area contributed by atoms with Crippen molar-refractivity contribution in [2.75, 3.05) is 6.61 Å². The second-order valence-corrected chi connectivity index (χ2v) is 5.84. The molecule has 10 heteroatoms. The number of hydrogen-bond acceptors (Lipinski definition) is 6. The molecule has 0 spiro atoms. The van der Waals surface area contributed by atoms with Gasteiger partial charge >= 0.3 is 6.01 Å². The second-order valence-electron chi connectivity index (χ2n) is 5.84. The minimum Gasteiger partial charge on any atom is -0.457 e. The molecule has 0 aliphatic heterocycles. The molecule has 140 valence electrons. The van der Waals surface area contributed by atoms with Crippen LogP contribution >= 0.6 is 0 Å².